The first-order valence-electron chi connectivity index (χ1n) is 8.78. The number of rotatable bonds is 4. The number of Topliss-reactive ketones (excluding diaryl/α,β-unsaturated/α-hetero) is 1. The molecule has 26 heavy (non-hydrogen) atoms. The Labute approximate surface area is 151 Å². The van der Waals surface area contributed by atoms with Gasteiger partial charge < -0.3 is 19.2 Å². The van der Waals surface area contributed by atoms with Crippen molar-refractivity contribution < 1.29 is 23.5 Å². The van der Waals surface area contributed by atoms with Crippen molar-refractivity contribution in [1.29, 1.82) is 0 Å². The molecule has 1 amide bonds. The fourth-order valence-electron chi connectivity index (χ4n) is 3.80. The molecule has 1 atom stereocenters. The standard InChI is InChI=1S/C20H21NO5/c1-24-11-20(9-13-5-2-3-7-16(13)26-12-20)21-19(23)14-10-25-17-8-4-6-15(22)18(14)17/h2-3,5,7,10H,4,6,8-9,11-12H2,1H3,(H,21,23). The smallest absolute Gasteiger partial charge is 0.255 e. The molecule has 136 valence electrons. The zero-order chi connectivity index (χ0) is 18.1. The van der Waals surface area contributed by atoms with Crippen LogP contribution in [0.2, 0.25) is 0 Å². The van der Waals surface area contributed by atoms with Crippen molar-refractivity contribution in [3.05, 3.63) is 53.0 Å². The van der Waals surface area contributed by atoms with Gasteiger partial charge in [0.05, 0.1) is 17.7 Å². The first-order valence-corrected chi connectivity index (χ1v) is 8.78. The summed E-state index contributed by atoms with van der Waals surface area (Å²) in [7, 11) is 1.59. The van der Waals surface area contributed by atoms with E-state index < -0.39 is 5.54 Å². The van der Waals surface area contributed by atoms with Gasteiger partial charge >= 0.3 is 0 Å². The van der Waals surface area contributed by atoms with Crippen LogP contribution in [0.5, 0.6) is 5.75 Å². The molecule has 6 heteroatoms. The molecular formula is C20H21NO5. The van der Waals surface area contributed by atoms with Crippen LogP contribution < -0.4 is 10.1 Å². The number of benzene rings is 1. The van der Waals surface area contributed by atoms with Crippen molar-refractivity contribution in [3.63, 3.8) is 0 Å². The number of furan rings is 1. The lowest BCUT2D eigenvalue weighted by Gasteiger charge is -2.38. The lowest BCUT2D eigenvalue weighted by molar-refractivity contribution is 0.0505. The van der Waals surface area contributed by atoms with E-state index in [-0.39, 0.29) is 11.7 Å². The predicted molar refractivity (Wildman–Crippen MR) is 93.7 cm³/mol. The Morgan fingerprint density at radius 2 is 2.15 bits per heavy atom. The van der Waals surface area contributed by atoms with E-state index >= 15 is 0 Å². The number of hydrogen-bond donors (Lipinski definition) is 1. The summed E-state index contributed by atoms with van der Waals surface area (Å²) in [5, 5.41) is 3.05. The molecule has 0 saturated carbocycles. The van der Waals surface area contributed by atoms with Crippen LogP contribution in [0.4, 0.5) is 0 Å². The number of carbonyl (C=O) groups is 2. The van der Waals surface area contributed by atoms with Crippen LogP contribution in [0.25, 0.3) is 0 Å². The van der Waals surface area contributed by atoms with Gasteiger partial charge in [0, 0.05) is 26.4 Å². The Balaban J connectivity index is 1.61. The van der Waals surface area contributed by atoms with Crippen LogP contribution in [-0.2, 0) is 17.6 Å². The lowest BCUT2D eigenvalue weighted by Crippen LogP contribution is -2.59. The van der Waals surface area contributed by atoms with Crippen molar-refractivity contribution in [2.75, 3.05) is 20.3 Å². The van der Waals surface area contributed by atoms with Crippen molar-refractivity contribution in [1.82, 2.24) is 5.32 Å². The molecule has 2 heterocycles. The van der Waals surface area contributed by atoms with Gasteiger partial charge in [0.1, 0.15) is 29.9 Å². The highest BCUT2D eigenvalue weighted by atomic mass is 16.5. The number of methoxy groups -OCH3 is 1. The number of ether oxygens (including phenoxy) is 2. The molecule has 1 aliphatic carbocycles. The molecule has 0 fully saturated rings. The van der Waals surface area contributed by atoms with Gasteiger partial charge in [-0.05, 0) is 18.1 Å². The fourth-order valence-corrected chi connectivity index (χ4v) is 3.80. The van der Waals surface area contributed by atoms with Gasteiger partial charge in [0.15, 0.2) is 5.78 Å². The minimum absolute atomic E-state index is 0.0313. The summed E-state index contributed by atoms with van der Waals surface area (Å²) in [4.78, 5) is 25.2. The van der Waals surface area contributed by atoms with E-state index in [4.69, 9.17) is 13.9 Å². The van der Waals surface area contributed by atoms with E-state index in [1.54, 1.807) is 7.11 Å². The van der Waals surface area contributed by atoms with Crippen molar-refractivity contribution >= 4 is 11.7 Å². The quantitative estimate of drug-likeness (QED) is 0.912. The molecule has 1 aromatic carbocycles. The average Bonchev–Trinajstić information content (AvgIpc) is 3.07. The largest absolute Gasteiger partial charge is 0.491 e. The molecule has 1 N–H and O–H groups in total. The van der Waals surface area contributed by atoms with E-state index in [0.717, 1.165) is 17.7 Å². The normalized spacial score (nSPS) is 21.5. The van der Waals surface area contributed by atoms with Gasteiger partial charge in [-0.15, -0.1) is 0 Å². The highest BCUT2D eigenvalue weighted by Crippen LogP contribution is 2.31. The molecule has 0 bridgehead atoms. The fraction of sp³-hybridized carbons (Fsp3) is 0.400. The molecule has 1 aromatic heterocycles. The number of para-hydroxylation sites is 1. The van der Waals surface area contributed by atoms with Crippen molar-refractivity contribution in [2.45, 2.75) is 31.2 Å². The van der Waals surface area contributed by atoms with E-state index in [2.05, 4.69) is 5.32 Å². The van der Waals surface area contributed by atoms with Crippen molar-refractivity contribution in [2.24, 2.45) is 0 Å². The minimum atomic E-state index is -0.692. The van der Waals surface area contributed by atoms with Crippen LogP contribution in [0.3, 0.4) is 0 Å². The monoisotopic (exact) mass is 355 g/mol. The van der Waals surface area contributed by atoms with E-state index in [9.17, 15) is 9.59 Å². The number of aryl methyl sites for hydroxylation is 1. The Kier molecular flexibility index (Phi) is 4.28. The first kappa shape index (κ1) is 16.8. The maximum atomic E-state index is 12.9. The summed E-state index contributed by atoms with van der Waals surface area (Å²) in [6, 6.07) is 7.76. The topological polar surface area (TPSA) is 77.8 Å². The molecule has 1 aliphatic heterocycles. The summed E-state index contributed by atoms with van der Waals surface area (Å²) in [6.45, 7) is 0.610. The molecule has 0 spiro atoms. The Morgan fingerprint density at radius 1 is 1.31 bits per heavy atom. The highest BCUT2D eigenvalue weighted by Gasteiger charge is 2.39. The Morgan fingerprint density at radius 3 is 3.00 bits per heavy atom. The molecular weight excluding hydrogens is 334 g/mol. The van der Waals surface area contributed by atoms with Crippen LogP contribution in [0, 0.1) is 0 Å². The van der Waals surface area contributed by atoms with Gasteiger partial charge in [-0.1, -0.05) is 18.2 Å². The number of hydrogen-bond acceptors (Lipinski definition) is 5. The van der Waals surface area contributed by atoms with Crippen LogP contribution in [0.15, 0.2) is 34.9 Å². The number of fused-ring (bicyclic) bond motifs is 2. The summed E-state index contributed by atoms with van der Waals surface area (Å²) in [5.74, 6) is 1.07. The van der Waals surface area contributed by atoms with Crippen molar-refractivity contribution in [3.8, 4) is 5.75 Å². The van der Waals surface area contributed by atoms with Gasteiger partial charge in [-0.25, -0.2) is 0 Å². The summed E-state index contributed by atoms with van der Waals surface area (Å²) in [6.07, 6.45) is 3.89. The molecule has 0 radical (unpaired) electrons. The second kappa shape index (κ2) is 6.61. The van der Waals surface area contributed by atoms with E-state index in [1.165, 1.54) is 6.26 Å². The summed E-state index contributed by atoms with van der Waals surface area (Å²) in [5.41, 5.74) is 1.06. The number of ketones is 1. The predicted octanol–water partition coefficient (Wildman–Crippen LogP) is 2.55. The molecule has 2 aromatic rings. The third-order valence-corrected chi connectivity index (χ3v) is 5.00. The molecule has 0 saturated heterocycles. The first-order chi connectivity index (χ1) is 12.6. The van der Waals surface area contributed by atoms with Gasteiger partial charge in [0.2, 0.25) is 0 Å². The third-order valence-electron chi connectivity index (χ3n) is 5.00. The van der Waals surface area contributed by atoms with Crippen LogP contribution >= 0.6 is 0 Å². The molecule has 2 aliphatic rings. The van der Waals surface area contributed by atoms with E-state index in [0.29, 0.717) is 49.4 Å². The Bertz CT molecular complexity index is 856. The average molecular weight is 355 g/mol. The third kappa shape index (κ3) is 2.90. The second-order valence-electron chi connectivity index (χ2n) is 6.96. The van der Waals surface area contributed by atoms with Crippen LogP contribution in [0.1, 0.15) is 44.9 Å². The Hall–Kier alpha value is -2.60. The maximum absolute atomic E-state index is 12.9. The second-order valence-corrected chi connectivity index (χ2v) is 6.96. The van der Waals surface area contributed by atoms with Gasteiger partial charge in [-0.3, -0.25) is 9.59 Å². The van der Waals surface area contributed by atoms with Crippen LogP contribution in [-0.4, -0.2) is 37.6 Å². The molecule has 1 unspecified atom stereocenters. The maximum Gasteiger partial charge on any atom is 0.255 e. The molecule has 6 nitrogen and oxygen atoms in total. The SMILES string of the molecule is COCC1(NC(=O)c2coc3c2C(=O)CCC3)COc2ccccc2C1. The minimum Gasteiger partial charge on any atom is -0.491 e. The summed E-state index contributed by atoms with van der Waals surface area (Å²) >= 11 is 0. The highest BCUT2D eigenvalue weighted by molar-refractivity contribution is 6.09. The number of nitrogens with one attached hydrogen (secondary N) is 1. The van der Waals surface area contributed by atoms with E-state index in [1.807, 2.05) is 24.3 Å². The number of amides is 1. The van der Waals surface area contributed by atoms with Gasteiger partial charge in [0.25, 0.3) is 5.91 Å². The summed E-state index contributed by atoms with van der Waals surface area (Å²) < 4.78 is 16.7. The molecule has 4 rings (SSSR count). The zero-order valence-electron chi connectivity index (χ0n) is 14.7. The van der Waals surface area contributed by atoms with Gasteiger partial charge in [-0.2, -0.15) is 0 Å². The zero-order valence-corrected chi connectivity index (χ0v) is 14.7. The number of carbonyl (C=O) groups excluding carboxylic acids is 2. The lowest BCUT2D eigenvalue weighted by atomic mass is 9.88.